The van der Waals surface area contributed by atoms with E-state index in [1.165, 1.54) is 6.20 Å². The van der Waals surface area contributed by atoms with Crippen molar-refractivity contribution in [3.8, 4) is 0 Å². The smallest absolute Gasteiger partial charge is 0.164 e. The Morgan fingerprint density at radius 3 is 2.87 bits per heavy atom. The van der Waals surface area contributed by atoms with E-state index in [9.17, 15) is 4.79 Å². The van der Waals surface area contributed by atoms with Crippen LogP contribution in [0.25, 0.3) is 0 Å². The van der Waals surface area contributed by atoms with E-state index in [0.29, 0.717) is 12.0 Å². The molecule has 0 bridgehead atoms. The van der Waals surface area contributed by atoms with Gasteiger partial charge >= 0.3 is 0 Å². The van der Waals surface area contributed by atoms with Crippen LogP contribution in [0.15, 0.2) is 31.1 Å². The Hall–Kier alpha value is -1.51. The Kier molecular flexibility index (Phi) is 5.30. The molecular formula is C12H16N2O. The number of unbranched alkanes of at least 4 members (excludes halogenated alkanes) is 3. The molecule has 0 aromatic carbocycles. The molecule has 0 radical (unpaired) electrons. The summed E-state index contributed by atoms with van der Waals surface area (Å²) in [5, 5.41) is 7.31. The van der Waals surface area contributed by atoms with E-state index >= 15 is 0 Å². The lowest BCUT2D eigenvalue weighted by Gasteiger charge is -1.99. The molecule has 3 heteroatoms. The fraction of sp³-hybridized carbons (Fsp3) is 0.417. The van der Waals surface area contributed by atoms with Gasteiger partial charge in [0.1, 0.15) is 0 Å². The van der Waals surface area contributed by atoms with Crippen LogP contribution in [0.5, 0.6) is 0 Å². The SMILES string of the molecule is C=CCCCCCC(=O)c1ccnnc1. The van der Waals surface area contributed by atoms with Crippen molar-refractivity contribution in [3.05, 3.63) is 36.7 Å². The lowest BCUT2D eigenvalue weighted by atomic mass is 10.1. The second kappa shape index (κ2) is 6.87. The third-order valence-electron chi connectivity index (χ3n) is 2.22. The molecule has 0 amide bonds. The molecular weight excluding hydrogens is 188 g/mol. The molecule has 0 N–H and O–H groups in total. The van der Waals surface area contributed by atoms with E-state index in [2.05, 4.69) is 16.8 Å². The van der Waals surface area contributed by atoms with Crippen LogP contribution in [0.4, 0.5) is 0 Å². The Bertz CT molecular complexity index is 309. The first-order valence-electron chi connectivity index (χ1n) is 5.25. The van der Waals surface area contributed by atoms with Gasteiger partial charge in [0.25, 0.3) is 0 Å². The van der Waals surface area contributed by atoms with Gasteiger partial charge in [-0.3, -0.25) is 4.79 Å². The molecule has 80 valence electrons. The molecule has 3 nitrogen and oxygen atoms in total. The Morgan fingerprint density at radius 2 is 2.20 bits per heavy atom. The van der Waals surface area contributed by atoms with Gasteiger partial charge in [0.05, 0.1) is 12.4 Å². The van der Waals surface area contributed by atoms with Crippen molar-refractivity contribution in [3.63, 3.8) is 0 Å². The molecule has 0 aliphatic heterocycles. The van der Waals surface area contributed by atoms with E-state index in [0.717, 1.165) is 25.7 Å². The average Bonchev–Trinajstić information content (AvgIpc) is 2.30. The number of rotatable bonds is 7. The highest BCUT2D eigenvalue weighted by Crippen LogP contribution is 2.07. The van der Waals surface area contributed by atoms with E-state index < -0.39 is 0 Å². The van der Waals surface area contributed by atoms with Crippen LogP contribution >= 0.6 is 0 Å². The van der Waals surface area contributed by atoms with Gasteiger partial charge in [0, 0.05) is 12.0 Å². The number of nitrogens with zero attached hydrogens (tertiary/aromatic N) is 2. The molecule has 1 heterocycles. The van der Waals surface area contributed by atoms with Crippen LogP contribution < -0.4 is 0 Å². The minimum absolute atomic E-state index is 0.156. The fourth-order valence-corrected chi connectivity index (χ4v) is 1.35. The van der Waals surface area contributed by atoms with Gasteiger partial charge in [0.15, 0.2) is 5.78 Å². The Labute approximate surface area is 90.2 Å². The minimum Gasteiger partial charge on any atom is -0.294 e. The van der Waals surface area contributed by atoms with Gasteiger partial charge in [-0.1, -0.05) is 12.5 Å². The first-order chi connectivity index (χ1) is 7.34. The number of aromatic nitrogens is 2. The van der Waals surface area contributed by atoms with Crippen LogP contribution in [-0.4, -0.2) is 16.0 Å². The van der Waals surface area contributed by atoms with Gasteiger partial charge in [-0.2, -0.15) is 10.2 Å². The Morgan fingerprint density at radius 1 is 1.33 bits per heavy atom. The van der Waals surface area contributed by atoms with Crippen LogP contribution in [0.2, 0.25) is 0 Å². The maximum absolute atomic E-state index is 11.6. The van der Waals surface area contributed by atoms with E-state index in [-0.39, 0.29) is 5.78 Å². The van der Waals surface area contributed by atoms with Crippen LogP contribution in [0, 0.1) is 0 Å². The molecule has 0 unspecified atom stereocenters. The molecule has 0 atom stereocenters. The highest BCUT2D eigenvalue weighted by Gasteiger charge is 2.04. The van der Waals surface area contributed by atoms with Gasteiger partial charge in [-0.15, -0.1) is 6.58 Å². The number of ketones is 1. The predicted octanol–water partition coefficient (Wildman–Crippen LogP) is 2.80. The van der Waals surface area contributed by atoms with E-state index in [1.54, 1.807) is 12.3 Å². The third-order valence-corrected chi connectivity index (χ3v) is 2.22. The largest absolute Gasteiger partial charge is 0.294 e. The van der Waals surface area contributed by atoms with Crippen molar-refractivity contribution < 1.29 is 4.79 Å². The molecule has 0 aliphatic carbocycles. The van der Waals surface area contributed by atoms with Crippen molar-refractivity contribution >= 4 is 5.78 Å². The average molecular weight is 204 g/mol. The molecule has 0 spiro atoms. The van der Waals surface area contributed by atoms with Gasteiger partial charge in [-0.05, 0) is 25.3 Å². The molecule has 15 heavy (non-hydrogen) atoms. The summed E-state index contributed by atoms with van der Waals surface area (Å²) in [4.78, 5) is 11.6. The summed E-state index contributed by atoms with van der Waals surface area (Å²) in [6, 6.07) is 1.71. The van der Waals surface area contributed by atoms with Crippen LogP contribution in [0.3, 0.4) is 0 Å². The lowest BCUT2D eigenvalue weighted by Crippen LogP contribution is -1.99. The molecule has 0 fully saturated rings. The number of hydrogen-bond acceptors (Lipinski definition) is 3. The third kappa shape index (κ3) is 4.49. The number of carbonyl (C=O) groups is 1. The summed E-state index contributed by atoms with van der Waals surface area (Å²) >= 11 is 0. The summed E-state index contributed by atoms with van der Waals surface area (Å²) in [7, 11) is 0. The zero-order chi connectivity index (χ0) is 10.9. The van der Waals surface area contributed by atoms with Gasteiger partial charge in [-0.25, -0.2) is 0 Å². The van der Waals surface area contributed by atoms with Crippen LogP contribution in [0.1, 0.15) is 42.5 Å². The molecule has 1 rings (SSSR count). The summed E-state index contributed by atoms with van der Waals surface area (Å²) in [6.45, 7) is 3.66. The summed E-state index contributed by atoms with van der Waals surface area (Å²) in [6.07, 6.45) is 9.75. The van der Waals surface area contributed by atoms with E-state index in [4.69, 9.17) is 0 Å². The number of Topliss-reactive ketones (excluding diaryl/α,β-unsaturated/α-hetero) is 1. The summed E-state index contributed by atoms with van der Waals surface area (Å²) in [5.41, 5.74) is 0.661. The number of carbonyl (C=O) groups excluding carboxylic acids is 1. The topological polar surface area (TPSA) is 42.9 Å². The monoisotopic (exact) mass is 204 g/mol. The zero-order valence-corrected chi connectivity index (χ0v) is 8.85. The summed E-state index contributed by atoms with van der Waals surface area (Å²) in [5.74, 6) is 0.156. The molecule has 0 saturated carbocycles. The Balaban J connectivity index is 2.22. The fourth-order valence-electron chi connectivity index (χ4n) is 1.35. The molecule has 1 aromatic rings. The maximum atomic E-state index is 11.6. The molecule has 0 saturated heterocycles. The van der Waals surface area contributed by atoms with Crippen molar-refractivity contribution in [1.82, 2.24) is 10.2 Å². The highest BCUT2D eigenvalue weighted by molar-refractivity contribution is 5.95. The number of allylic oxidation sites excluding steroid dienone is 1. The van der Waals surface area contributed by atoms with Crippen LogP contribution in [-0.2, 0) is 0 Å². The van der Waals surface area contributed by atoms with Gasteiger partial charge in [0.2, 0.25) is 0 Å². The van der Waals surface area contributed by atoms with Crippen molar-refractivity contribution in [2.45, 2.75) is 32.1 Å². The number of hydrogen-bond donors (Lipinski definition) is 0. The predicted molar refractivity (Wildman–Crippen MR) is 59.6 cm³/mol. The quantitative estimate of drug-likeness (QED) is 0.389. The minimum atomic E-state index is 0.156. The van der Waals surface area contributed by atoms with E-state index in [1.807, 2.05) is 6.08 Å². The van der Waals surface area contributed by atoms with Crippen molar-refractivity contribution in [2.24, 2.45) is 0 Å². The van der Waals surface area contributed by atoms with Gasteiger partial charge < -0.3 is 0 Å². The second-order valence-electron chi connectivity index (χ2n) is 3.44. The second-order valence-corrected chi connectivity index (χ2v) is 3.44. The lowest BCUT2D eigenvalue weighted by molar-refractivity contribution is 0.0978. The summed E-state index contributed by atoms with van der Waals surface area (Å²) < 4.78 is 0. The highest BCUT2D eigenvalue weighted by atomic mass is 16.1. The van der Waals surface area contributed by atoms with Crippen molar-refractivity contribution in [1.29, 1.82) is 0 Å². The first kappa shape index (κ1) is 11.6. The zero-order valence-electron chi connectivity index (χ0n) is 8.85. The maximum Gasteiger partial charge on any atom is 0.164 e. The first-order valence-corrected chi connectivity index (χ1v) is 5.25. The standard InChI is InChI=1S/C12H16N2O/c1-2-3-4-5-6-7-12(15)11-8-9-13-14-10-11/h2,8-10H,1,3-7H2. The molecule has 0 aliphatic rings. The van der Waals surface area contributed by atoms with Crippen molar-refractivity contribution in [2.75, 3.05) is 0 Å². The normalized spacial score (nSPS) is 9.87. The molecule has 1 aromatic heterocycles.